The summed E-state index contributed by atoms with van der Waals surface area (Å²) >= 11 is 0. The Morgan fingerprint density at radius 2 is 1.94 bits per heavy atom. The molecule has 0 heterocycles. The average Bonchev–Trinajstić information content (AvgIpc) is 3.11. The Bertz CT molecular complexity index is 374. The first-order valence-corrected chi connectivity index (χ1v) is 6.58. The molecular weight excluding hydrogens is 206 g/mol. The van der Waals surface area contributed by atoms with Crippen LogP contribution < -0.4 is 5.32 Å². The van der Waals surface area contributed by atoms with Gasteiger partial charge in [-0.05, 0) is 35.3 Å². The number of benzene rings is 1. The summed E-state index contributed by atoms with van der Waals surface area (Å²) in [6.45, 7) is 10.9. The molecule has 92 valence electrons. The van der Waals surface area contributed by atoms with Crippen molar-refractivity contribution in [3.05, 3.63) is 42.5 Å². The molecule has 1 nitrogen and oxygen atoms in total. The van der Waals surface area contributed by atoms with Crippen LogP contribution >= 0.6 is 0 Å². The minimum Gasteiger partial charge on any atom is -0.312 e. The highest BCUT2D eigenvalue weighted by molar-refractivity contribution is 5.64. The molecule has 1 saturated carbocycles. The molecule has 17 heavy (non-hydrogen) atoms. The number of rotatable bonds is 6. The smallest absolute Gasteiger partial charge is 0.0205 e. The van der Waals surface area contributed by atoms with Gasteiger partial charge in [0, 0.05) is 13.1 Å². The second kappa shape index (κ2) is 5.05. The van der Waals surface area contributed by atoms with Crippen LogP contribution in [0.15, 0.2) is 36.9 Å². The first-order valence-electron chi connectivity index (χ1n) is 6.58. The predicted molar refractivity (Wildman–Crippen MR) is 74.9 cm³/mol. The van der Waals surface area contributed by atoms with Crippen molar-refractivity contribution in [1.29, 1.82) is 0 Å². The molecule has 0 saturated heterocycles. The lowest BCUT2D eigenvalue weighted by atomic mass is 9.92. The summed E-state index contributed by atoms with van der Waals surface area (Å²) in [7, 11) is 0. The van der Waals surface area contributed by atoms with E-state index in [0.29, 0.717) is 5.41 Å². The molecule has 0 radical (unpaired) electrons. The summed E-state index contributed by atoms with van der Waals surface area (Å²) in [6, 6.07) is 10.4. The maximum atomic E-state index is 4.15. The van der Waals surface area contributed by atoms with Crippen LogP contribution in [0.3, 0.4) is 0 Å². The molecule has 1 fully saturated rings. The Balaban J connectivity index is 1.78. The topological polar surface area (TPSA) is 12.0 Å². The van der Waals surface area contributed by atoms with Crippen LogP contribution in [0.2, 0.25) is 0 Å². The van der Waals surface area contributed by atoms with E-state index in [1.807, 2.05) is 6.07 Å². The van der Waals surface area contributed by atoms with E-state index in [1.165, 1.54) is 24.0 Å². The average molecular weight is 229 g/mol. The van der Waals surface area contributed by atoms with Gasteiger partial charge in [-0.2, -0.15) is 0 Å². The van der Waals surface area contributed by atoms with Gasteiger partial charge in [-0.1, -0.05) is 50.8 Å². The zero-order chi connectivity index (χ0) is 12.3. The minimum atomic E-state index is 0.580. The highest BCUT2D eigenvalue weighted by atomic mass is 14.9. The van der Waals surface area contributed by atoms with Crippen molar-refractivity contribution in [2.45, 2.75) is 26.7 Å². The van der Waals surface area contributed by atoms with E-state index in [1.54, 1.807) is 0 Å². The maximum absolute atomic E-state index is 4.15. The SMILES string of the molecule is C=C(CNCC1(C(C)C)CC1)c1ccccc1. The summed E-state index contributed by atoms with van der Waals surface area (Å²) in [4.78, 5) is 0. The lowest BCUT2D eigenvalue weighted by Crippen LogP contribution is -2.28. The molecular formula is C16H23N. The van der Waals surface area contributed by atoms with Gasteiger partial charge < -0.3 is 5.32 Å². The lowest BCUT2D eigenvalue weighted by molar-refractivity contribution is 0.344. The molecule has 1 aliphatic rings. The van der Waals surface area contributed by atoms with Gasteiger partial charge >= 0.3 is 0 Å². The molecule has 0 spiro atoms. The largest absolute Gasteiger partial charge is 0.312 e. The van der Waals surface area contributed by atoms with Gasteiger partial charge in [-0.15, -0.1) is 0 Å². The Kier molecular flexibility index (Phi) is 3.68. The van der Waals surface area contributed by atoms with Gasteiger partial charge in [0.15, 0.2) is 0 Å². The van der Waals surface area contributed by atoms with E-state index < -0.39 is 0 Å². The Morgan fingerprint density at radius 1 is 1.29 bits per heavy atom. The lowest BCUT2D eigenvalue weighted by Gasteiger charge is -2.20. The van der Waals surface area contributed by atoms with Crippen molar-refractivity contribution in [3.8, 4) is 0 Å². The van der Waals surface area contributed by atoms with Crippen molar-refractivity contribution in [2.75, 3.05) is 13.1 Å². The minimum absolute atomic E-state index is 0.580. The van der Waals surface area contributed by atoms with E-state index >= 15 is 0 Å². The van der Waals surface area contributed by atoms with Crippen molar-refractivity contribution in [2.24, 2.45) is 11.3 Å². The summed E-state index contributed by atoms with van der Waals surface area (Å²) in [5.41, 5.74) is 3.01. The molecule has 0 unspecified atom stereocenters. The molecule has 1 aromatic rings. The fourth-order valence-corrected chi connectivity index (χ4v) is 2.36. The highest BCUT2D eigenvalue weighted by Crippen LogP contribution is 2.51. The van der Waals surface area contributed by atoms with Crippen molar-refractivity contribution >= 4 is 5.57 Å². The van der Waals surface area contributed by atoms with Crippen LogP contribution in [0.25, 0.3) is 5.57 Å². The van der Waals surface area contributed by atoms with E-state index in [4.69, 9.17) is 0 Å². The van der Waals surface area contributed by atoms with Crippen LogP contribution in [0, 0.1) is 11.3 Å². The number of nitrogens with one attached hydrogen (secondary N) is 1. The van der Waals surface area contributed by atoms with Gasteiger partial charge in [0.2, 0.25) is 0 Å². The van der Waals surface area contributed by atoms with Crippen molar-refractivity contribution in [1.82, 2.24) is 5.32 Å². The Morgan fingerprint density at radius 3 is 2.47 bits per heavy atom. The molecule has 2 rings (SSSR count). The zero-order valence-corrected chi connectivity index (χ0v) is 11.0. The van der Waals surface area contributed by atoms with Crippen LogP contribution in [0.1, 0.15) is 32.3 Å². The van der Waals surface area contributed by atoms with Crippen molar-refractivity contribution in [3.63, 3.8) is 0 Å². The second-order valence-corrected chi connectivity index (χ2v) is 5.59. The predicted octanol–water partition coefficient (Wildman–Crippen LogP) is 3.73. The van der Waals surface area contributed by atoms with E-state index in [9.17, 15) is 0 Å². The third-order valence-electron chi connectivity index (χ3n) is 4.11. The molecule has 1 N–H and O–H groups in total. The fraction of sp³-hybridized carbons (Fsp3) is 0.500. The summed E-state index contributed by atoms with van der Waals surface area (Å²) in [5.74, 6) is 0.792. The quantitative estimate of drug-likeness (QED) is 0.784. The standard InChI is InChI=1S/C16H23N/c1-13(2)16(9-10-16)12-17-11-14(3)15-7-5-4-6-8-15/h4-8,13,17H,3,9-12H2,1-2H3. The van der Waals surface area contributed by atoms with Gasteiger partial charge in [0.1, 0.15) is 0 Å². The van der Waals surface area contributed by atoms with Crippen LogP contribution in [-0.4, -0.2) is 13.1 Å². The third kappa shape index (κ3) is 2.98. The Hall–Kier alpha value is -1.08. The van der Waals surface area contributed by atoms with E-state index in [2.05, 4.69) is 50.0 Å². The number of hydrogen-bond acceptors (Lipinski definition) is 1. The number of hydrogen-bond donors (Lipinski definition) is 1. The first kappa shape index (κ1) is 12.4. The molecule has 0 bridgehead atoms. The monoisotopic (exact) mass is 229 g/mol. The maximum Gasteiger partial charge on any atom is 0.0205 e. The van der Waals surface area contributed by atoms with Crippen LogP contribution in [0.5, 0.6) is 0 Å². The fourth-order valence-electron chi connectivity index (χ4n) is 2.36. The molecule has 0 aliphatic heterocycles. The summed E-state index contributed by atoms with van der Waals surface area (Å²) in [5, 5.41) is 3.57. The molecule has 1 aromatic carbocycles. The third-order valence-corrected chi connectivity index (χ3v) is 4.11. The molecule has 1 aliphatic carbocycles. The van der Waals surface area contributed by atoms with E-state index in [0.717, 1.165) is 19.0 Å². The van der Waals surface area contributed by atoms with Crippen molar-refractivity contribution < 1.29 is 0 Å². The molecule has 0 amide bonds. The zero-order valence-electron chi connectivity index (χ0n) is 11.0. The molecule has 1 heteroatoms. The van der Waals surface area contributed by atoms with Gasteiger partial charge in [-0.3, -0.25) is 0 Å². The molecule has 0 atom stereocenters. The van der Waals surface area contributed by atoms with Gasteiger partial charge in [-0.25, -0.2) is 0 Å². The van der Waals surface area contributed by atoms with Crippen LogP contribution in [-0.2, 0) is 0 Å². The normalized spacial score (nSPS) is 17.1. The summed E-state index contributed by atoms with van der Waals surface area (Å²) in [6.07, 6.45) is 2.77. The summed E-state index contributed by atoms with van der Waals surface area (Å²) < 4.78 is 0. The van der Waals surface area contributed by atoms with E-state index in [-0.39, 0.29) is 0 Å². The van der Waals surface area contributed by atoms with Gasteiger partial charge in [0.25, 0.3) is 0 Å². The molecule has 0 aromatic heterocycles. The first-order chi connectivity index (χ1) is 8.14. The second-order valence-electron chi connectivity index (χ2n) is 5.59. The van der Waals surface area contributed by atoms with Crippen LogP contribution in [0.4, 0.5) is 0 Å². The Labute approximate surface area is 105 Å². The van der Waals surface area contributed by atoms with Gasteiger partial charge in [0.05, 0.1) is 0 Å². The highest BCUT2D eigenvalue weighted by Gasteiger charge is 2.44.